The Morgan fingerprint density at radius 2 is 1.68 bits per heavy atom. The third-order valence-electron chi connectivity index (χ3n) is 6.46. The van der Waals surface area contributed by atoms with Gasteiger partial charge in [-0.25, -0.2) is 4.98 Å². The maximum atomic E-state index is 5.91. The summed E-state index contributed by atoms with van der Waals surface area (Å²) in [5.41, 5.74) is 7.31. The molecular formula is C30H24BrN5S. The molecule has 4 aromatic carbocycles. The van der Waals surface area contributed by atoms with Crippen LogP contribution in [0.3, 0.4) is 0 Å². The van der Waals surface area contributed by atoms with E-state index in [1.54, 1.807) is 6.33 Å². The SMILES string of the molecule is S=c1[nH]c(NC(Cc2ccccc2)c2ccccc2)c(-c2cccc(Br)c2)n1-c1ccc2nc[nH]c2c1. The van der Waals surface area contributed by atoms with Crippen LogP contribution in [-0.4, -0.2) is 19.5 Å². The van der Waals surface area contributed by atoms with Crippen molar-refractivity contribution in [3.8, 4) is 16.9 Å². The number of rotatable bonds is 7. The Balaban J connectivity index is 1.50. The number of aromatic amines is 2. The number of hydrogen-bond acceptors (Lipinski definition) is 3. The third kappa shape index (κ3) is 4.88. The minimum absolute atomic E-state index is 0.0334. The number of nitrogens with one attached hydrogen (secondary N) is 3. The molecule has 0 aliphatic rings. The fourth-order valence-corrected chi connectivity index (χ4v) is 5.42. The van der Waals surface area contributed by atoms with Crippen molar-refractivity contribution >= 4 is 45.0 Å². The van der Waals surface area contributed by atoms with Crippen LogP contribution < -0.4 is 5.32 Å². The Morgan fingerprint density at radius 1 is 0.892 bits per heavy atom. The first-order chi connectivity index (χ1) is 18.2. The molecule has 0 saturated carbocycles. The maximum Gasteiger partial charge on any atom is 0.183 e. The van der Waals surface area contributed by atoms with Gasteiger partial charge in [-0.1, -0.05) is 88.7 Å². The largest absolute Gasteiger partial charge is 0.363 e. The number of H-pyrrole nitrogens is 2. The Bertz CT molecular complexity index is 1720. The standard InChI is InChI=1S/C30H24BrN5S/c31-23-13-7-12-22(17-23)28-29(35-30(37)36(28)24-14-15-25-27(18-24)33-19-32-25)34-26(21-10-5-2-6-11-21)16-20-8-3-1-4-9-20/h1-15,17-19,26,34H,16H2,(H,32,33)(H,35,37). The molecule has 0 amide bonds. The van der Waals surface area contributed by atoms with Gasteiger partial charge in [0.2, 0.25) is 0 Å². The molecule has 6 aromatic rings. The van der Waals surface area contributed by atoms with Crippen LogP contribution in [0, 0.1) is 4.77 Å². The number of benzene rings is 4. The fourth-order valence-electron chi connectivity index (χ4n) is 4.72. The molecule has 1 atom stereocenters. The molecule has 0 aliphatic heterocycles. The van der Waals surface area contributed by atoms with Crippen LogP contribution in [-0.2, 0) is 6.42 Å². The molecule has 0 radical (unpaired) electrons. The highest BCUT2D eigenvalue weighted by Gasteiger charge is 2.21. The summed E-state index contributed by atoms with van der Waals surface area (Å²) >= 11 is 9.56. The van der Waals surface area contributed by atoms with E-state index in [0.717, 1.165) is 44.7 Å². The molecule has 0 bridgehead atoms. The highest BCUT2D eigenvalue weighted by molar-refractivity contribution is 9.10. The lowest BCUT2D eigenvalue weighted by molar-refractivity contribution is 0.771. The first-order valence-corrected chi connectivity index (χ1v) is 13.3. The molecule has 5 nitrogen and oxygen atoms in total. The van der Waals surface area contributed by atoms with E-state index in [-0.39, 0.29) is 6.04 Å². The second-order valence-electron chi connectivity index (χ2n) is 8.90. The van der Waals surface area contributed by atoms with Gasteiger partial charge in [-0.2, -0.15) is 0 Å². The third-order valence-corrected chi connectivity index (χ3v) is 7.24. The van der Waals surface area contributed by atoms with Crippen LogP contribution in [0.1, 0.15) is 17.2 Å². The molecule has 6 rings (SSSR count). The Kier molecular flexibility index (Phi) is 6.47. The van der Waals surface area contributed by atoms with Crippen molar-refractivity contribution in [2.24, 2.45) is 0 Å². The lowest BCUT2D eigenvalue weighted by atomic mass is 9.98. The first kappa shape index (κ1) is 23.5. The van der Waals surface area contributed by atoms with Gasteiger partial charge in [-0.05, 0) is 60.1 Å². The number of hydrogen-bond donors (Lipinski definition) is 3. The van der Waals surface area contributed by atoms with Crippen molar-refractivity contribution in [3.05, 3.63) is 130 Å². The smallest absolute Gasteiger partial charge is 0.183 e. The summed E-state index contributed by atoms with van der Waals surface area (Å²) in [6, 6.07) is 35.5. The summed E-state index contributed by atoms with van der Waals surface area (Å²) in [5, 5.41) is 3.81. The highest BCUT2D eigenvalue weighted by Crippen LogP contribution is 2.35. The number of fused-ring (bicyclic) bond motifs is 1. The summed E-state index contributed by atoms with van der Waals surface area (Å²) in [6.45, 7) is 0. The molecule has 1 unspecified atom stereocenters. The number of halogens is 1. The Morgan fingerprint density at radius 3 is 2.46 bits per heavy atom. The number of nitrogens with zero attached hydrogens (tertiary/aromatic N) is 2. The van der Waals surface area contributed by atoms with E-state index in [0.29, 0.717) is 4.77 Å². The number of imidazole rings is 2. The van der Waals surface area contributed by atoms with Gasteiger partial charge in [0, 0.05) is 10.0 Å². The van der Waals surface area contributed by atoms with Gasteiger partial charge >= 0.3 is 0 Å². The normalized spacial score (nSPS) is 12.0. The highest BCUT2D eigenvalue weighted by atomic mass is 79.9. The van der Waals surface area contributed by atoms with E-state index >= 15 is 0 Å². The van der Waals surface area contributed by atoms with Crippen molar-refractivity contribution < 1.29 is 0 Å². The van der Waals surface area contributed by atoms with Crippen LogP contribution in [0.4, 0.5) is 5.82 Å². The van der Waals surface area contributed by atoms with E-state index in [1.807, 2.05) is 30.3 Å². The van der Waals surface area contributed by atoms with Gasteiger partial charge in [0.15, 0.2) is 4.77 Å². The molecule has 2 heterocycles. The van der Waals surface area contributed by atoms with Crippen molar-refractivity contribution in [2.45, 2.75) is 12.5 Å². The Hall–Kier alpha value is -3.94. The summed E-state index contributed by atoms with van der Waals surface area (Å²) in [7, 11) is 0. The van der Waals surface area contributed by atoms with Crippen molar-refractivity contribution in [1.29, 1.82) is 0 Å². The lowest BCUT2D eigenvalue weighted by Crippen LogP contribution is -2.15. The average molecular weight is 567 g/mol. The molecular weight excluding hydrogens is 542 g/mol. The molecule has 2 aromatic heterocycles. The van der Waals surface area contributed by atoms with Gasteiger partial charge < -0.3 is 15.3 Å². The monoisotopic (exact) mass is 565 g/mol. The molecule has 7 heteroatoms. The van der Waals surface area contributed by atoms with Gasteiger partial charge in [0.1, 0.15) is 5.82 Å². The van der Waals surface area contributed by atoms with Gasteiger partial charge in [0.25, 0.3) is 0 Å². The quantitative estimate of drug-likeness (QED) is 0.171. The van der Waals surface area contributed by atoms with E-state index in [9.17, 15) is 0 Å². The van der Waals surface area contributed by atoms with Crippen molar-refractivity contribution in [2.75, 3.05) is 5.32 Å². The van der Waals surface area contributed by atoms with Crippen molar-refractivity contribution in [3.63, 3.8) is 0 Å². The maximum absolute atomic E-state index is 5.91. The molecule has 182 valence electrons. The molecule has 37 heavy (non-hydrogen) atoms. The van der Waals surface area contributed by atoms with Crippen LogP contribution in [0.2, 0.25) is 0 Å². The molecule has 0 saturated heterocycles. The van der Waals surface area contributed by atoms with Crippen LogP contribution in [0.25, 0.3) is 28.0 Å². The van der Waals surface area contributed by atoms with E-state index < -0.39 is 0 Å². The molecule has 0 aliphatic carbocycles. The average Bonchev–Trinajstić information content (AvgIpc) is 3.52. The van der Waals surface area contributed by atoms with Gasteiger partial charge in [-0.15, -0.1) is 0 Å². The number of aromatic nitrogens is 4. The second kappa shape index (κ2) is 10.2. The number of anilines is 1. The van der Waals surface area contributed by atoms with E-state index in [1.165, 1.54) is 11.1 Å². The zero-order valence-electron chi connectivity index (χ0n) is 19.9. The predicted octanol–water partition coefficient (Wildman–Crippen LogP) is 8.24. The summed E-state index contributed by atoms with van der Waals surface area (Å²) in [6.07, 6.45) is 2.54. The van der Waals surface area contributed by atoms with Crippen molar-refractivity contribution in [1.82, 2.24) is 19.5 Å². The summed E-state index contributed by atoms with van der Waals surface area (Å²) in [5.74, 6) is 0.873. The van der Waals surface area contributed by atoms with E-state index in [2.05, 4.69) is 114 Å². The topological polar surface area (TPSA) is 61.4 Å². The zero-order chi connectivity index (χ0) is 25.2. The summed E-state index contributed by atoms with van der Waals surface area (Å²) in [4.78, 5) is 11.1. The molecule has 0 fully saturated rings. The minimum Gasteiger partial charge on any atom is -0.363 e. The van der Waals surface area contributed by atoms with E-state index in [4.69, 9.17) is 12.2 Å². The second-order valence-corrected chi connectivity index (χ2v) is 10.2. The van der Waals surface area contributed by atoms with Crippen LogP contribution in [0.5, 0.6) is 0 Å². The Labute approximate surface area is 228 Å². The lowest BCUT2D eigenvalue weighted by Gasteiger charge is -2.21. The summed E-state index contributed by atoms with van der Waals surface area (Å²) < 4.78 is 3.70. The van der Waals surface area contributed by atoms with Gasteiger partial charge in [-0.3, -0.25) is 4.57 Å². The van der Waals surface area contributed by atoms with Crippen LogP contribution in [0.15, 0.2) is 114 Å². The molecule has 0 spiro atoms. The minimum atomic E-state index is 0.0334. The first-order valence-electron chi connectivity index (χ1n) is 12.1. The molecule has 3 N–H and O–H groups in total. The fraction of sp³-hybridized carbons (Fsp3) is 0.0667. The van der Waals surface area contributed by atoms with Gasteiger partial charge in [0.05, 0.1) is 34.8 Å². The zero-order valence-corrected chi connectivity index (χ0v) is 22.3. The predicted molar refractivity (Wildman–Crippen MR) is 157 cm³/mol. The van der Waals surface area contributed by atoms with Crippen LogP contribution >= 0.6 is 28.1 Å².